The van der Waals surface area contributed by atoms with Crippen molar-refractivity contribution < 1.29 is 9.59 Å². The highest BCUT2D eigenvalue weighted by atomic mass is 16.2. The fraction of sp³-hybridized carbons (Fsp3) is 0.822. The molecular formula is C45H85N3O2. The first-order chi connectivity index (χ1) is 24.3. The number of amides is 2. The number of nitrogens with zero attached hydrogens (tertiary/aromatic N) is 2. The lowest BCUT2D eigenvalue weighted by Crippen LogP contribution is -2.54. The molecule has 1 atom stereocenters. The molecule has 0 aliphatic carbocycles. The number of unbranched alkanes of at least 4 members (excludes halogenated alkanes) is 20. The molecule has 0 aromatic heterocycles. The minimum atomic E-state index is -0.405. The molecule has 1 N–H and O–H groups in total. The molecule has 0 saturated heterocycles. The average molecular weight is 700 g/mol. The molecule has 0 fully saturated rings. The first-order valence-electron chi connectivity index (χ1n) is 21.5. The Morgan fingerprint density at radius 3 is 1.52 bits per heavy atom. The summed E-state index contributed by atoms with van der Waals surface area (Å²) in [5, 5.41) is 3.20. The first-order valence-corrected chi connectivity index (χ1v) is 21.5. The maximum atomic E-state index is 13.5. The average Bonchev–Trinajstić information content (AvgIpc) is 3.09. The van der Waals surface area contributed by atoms with Gasteiger partial charge >= 0.3 is 0 Å². The molecule has 0 rings (SSSR count). The van der Waals surface area contributed by atoms with Crippen molar-refractivity contribution in [3.05, 3.63) is 36.5 Å². The minimum Gasteiger partial charge on any atom is -0.354 e. The van der Waals surface area contributed by atoms with Crippen molar-refractivity contribution in [2.75, 3.05) is 33.7 Å². The Morgan fingerprint density at radius 1 is 0.560 bits per heavy atom. The number of likely N-dealkylation sites (N-methyl/N-ethyl adjacent to an activating group) is 1. The van der Waals surface area contributed by atoms with Crippen molar-refractivity contribution in [1.82, 2.24) is 15.1 Å². The number of hydrogen-bond acceptors (Lipinski definition) is 3. The SMILES string of the molecule is CC/C=C\C/C=C\C/C=C\CCCCCCCC(=O)N(CCN(C)C)C(C(=O)NCCCCCCCCCCCCCCCCCC)C(C)C. The Bertz CT molecular complexity index is 847. The summed E-state index contributed by atoms with van der Waals surface area (Å²) in [5.74, 6) is 0.225. The van der Waals surface area contributed by atoms with Gasteiger partial charge in [0.25, 0.3) is 0 Å². The van der Waals surface area contributed by atoms with Crippen LogP contribution in [0.4, 0.5) is 0 Å². The Kier molecular flexibility index (Phi) is 35.5. The summed E-state index contributed by atoms with van der Waals surface area (Å²) in [5.41, 5.74) is 0. The zero-order valence-corrected chi connectivity index (χ0v) is 34.3. The van der Waals surface area contributed by atoms with Crippen LogP contribution in [0.3, 0.4) is 0 Å². The Balaban J connectivity index is 4.26. The van der Waals surface area contributed by atoms with E-state index < -0.39 is 6.04 Å². The molecule has 0 bridgehead atoms. The largest absolute Gasteiger partial charge is 0.354 e. The molecule has 50 heavy (non-hydrogen) atoms. The zero-order valence-electron chi connectivity index (χ0n) is 34.3. The highest BCUT2D eigenvalue weighted by Crippen LogP contribution is 2.17. The summed E-state index contributed by atoms with van der Waals surface area (Å²) >= 11 is 0. The van der Waals surface area contributed by atoms with Crippen molar-refractivity contribution in [2.24, 2.45) is 5.92 Å². The normalized spacial score (nSPS) is 12.7. The number of carbonyl (C=O) groups excluding carboxylic acids is 2. The minimum absolute atomic E-state index is 0.0185. The van der Waals surface area contributed by atoms with E-state index in [-0.39, 0.29) is 17.7 Å². The first kappa shape index (κ1) is 48.1. The third-order valence-corrected chi connectivity index (χ3v) is 9.72. The van der Waals surface area contributed by atoms with Crippen LogP contribution < -0.4 is 5.32 Å². The number of allylic oxidation sites excluding steroid dienone is 6. The summed E-state index contributed by atoms with van der Waals surface area (Å²) < 4.78 is 0. The van der Waals surface area contributed by atoms with Gasteiger partial charge in [-0.3, -0.25) is 9.59 Å². The molecule has 0 spiro atoms. The van der Waals surface area contributed by atoms with E-state index in [9.17, 15) is 9.59 Å². The molecule has 0 aliphatic rings. The van der Waals surface area contributed by atoms with Gasteiger partial charge in [0.2, 0.25) is 11.8 Å². The highest BCUT2D eigenvalue weighted by molar-refractivity contribution is 5.88. The van der Waals surface area contributed by atoms with Gasteiger partial charge < -0.3 is 15.1 Å². The van der Waals surface area contributed by atoms with Crippen LogP contribution in [-0.4, -0.2) is 61.4 Å². The lowest BCUT2D eigenvalue weighted by molar-refractivity contribution is -0.142. The molecule has 1 unspecified atom stereocenters. The lowest BCUT2D eigenvalue weighted by atomic mass is 10.00. The van der Waals surface area contributed by atoms with E-state index in [4.69, 9.17) is 0 Å². The van der Waals surface area contributed by atoms with Crippen molar-refractivity contribution >= 4 is 11.8 Å². The summed E-state index contributed by atoms with van der Waals surface area (Å²) in [6.45, 7) is 10.7. The number of rotatable bonds is 36. The second-order valence-corrected chi connectivity index (χ2v) is 15.3. The van der Waals surface area contributed by atoms with Crippen LogP contribution in [0, 0.1) is 5.92 Å². The van der Waals surface area contributed by atoms with Crippen LogP contribution >= 0.6 is 0 Å². The van der Waals surface area contributed by atoms with E-state index in [2.05, 4.69) is 74.4 Å². The van der Waals surface area contributed by atoms with Gasteiger partial charge in [-0.2, -0.15) is 0 Å². The van der Waals surface area contributed by atoms with Gasteiger partial charge in [-0.15, -0.1) is 0 Å². The number of carbonyl (C=O) groups is 2. The van der Waals surface area contributed by atoms with E-state index in [1.807, 2.05) is 19.0 Å². The molecule has 5 heteroatoms. The highest BCUT2D eigenvalue weighted by Gasteiger charge is 2.31. The molecular weight excluding hydrogens is 615 g/mol. The quantitative estimate of drug-likeness (QED) is 0.0523. The Morgan fingerprint density at radius 2 is 1.02 bits per heavy atom. The molecule has 0 heterocycles. The fourth-order valence-corrected chi connectivity index (χ4v) is 6.56. The predicted molar refractivity (Wildman–Crippen MR) is 221 cm³/mol. The Hall–Kier alpha value is -1.88. The van der Waals surface area contributed by atoms with Crippen LogP contribution in [0.15, 0.2) is 36.5 Å². The molecule has 5 nitrogen and oxygen atoms in total. The van der Waals surface area contributed by atoms with E-state index in [0.29, 0.717) is 19.5 Å². The van der Waals surface area contributed by atoms with Crippen molar-refractivity contribution in [2.45, 2.75) is 201 Å². The molecule has 0 radical (unpaired) electrons. The summed E-state index contributed by atoms with van der Waals surface area (Å²) in [6, 6.07) is -0.405. The van der Waals surface area contributed by atoms with E-state index in [1.54, 1.807) is 0 Å². The van der Waals surface area contributed by atoms with Crippen LogP contribution in [0.2, 0.25) is 0 Å². The Labute approximate surface area is 312 Å². The van der Waals surface area contributed by atoms with Crippen LogP contribution in [-0.2, 0) is 9.59 Å². The molecule has 0 aromatic carbocycles. The molecule has 0 saturated carbocycles. The maximum absolute atomic E-state index is 13.5. The zero-order chi connectivity index (χ0) is 36.9. The van der Waals surface area contributed by atoms with Gasteiger partial charge in [0.1, 0.15) is 6.04 Å². The molecule has 292 valence electrons. The second-order valence-electron chi connectivity index (χ2n) is 15.3. The summed E-state index contributed by atoms with van der Waals surface area (Å²) in [7, 11) is 4.06. The van der Waals surface area contributed by atoms with Gasteiger partial charge in [-0.05, 0) is 65.0 Å². The summed E-state index contributed by atoms with van der Waals surface area (Å²) in [4.78, 5) is 30.9. The van der Waals surface area contributed by atoms with Gasteiger partial charge in [-0.1, -0.05) is 180 Å². The molecule has 0 aromatic rings. The van der Waals surface area contributed by atoms with Crippen LogP contribution in [0.1, 0.15) is 195 Å². The van der Waals surface area contributed by atoms with Gasteiger partial charge in [0.05, 0.1) is 0 Å². The smallest absolute Gasteiger partial charge is 0.243 e. The second kappa shape index (κ2) is 36.9. The van der Waals surface area contributed by atoms with Crippen LogP contribution in [0.5, 0.6) is 0 Å². The van der Waals surface area contributed by atoms with Crippen LogP contribution in [0.25, 0.3) is 0 Å². The summed E-state index contributed by atoms with van der Waals surface area (Å²) in [6.07, 6.45) is 45.4. The van der Waals surface area contributed by atoms with Crippen molar-refractivity contribution in [1.29, 1.82) is 0 Å². The van der Waals surface area contributed by atoms with E-state index in [0.717, 1.165) is 57.9 Å². The number of nitrogens with one attached hydrogen (secondary N) is 1. The fourth-order valence-electron chi connectivity index (χ4n) is 6.56. The molecule has 2 amide bonds. The molecule has 0 aliphatic heterocycles. The standard InChI is InChI=1S/C45H85N3O2/c1-7-9-11-13-15-17-19-21-23-25-27-29-31-33-35-37-39-46-45(50)44(42(3)4)48(41-40-47(5)6)43(49)38-36-34-32-30-28-26-24-22-20-18-16-14-12-10-8-2/h10,12,16,18,22,24,42,44H,7-9,11,13-15,17,19-21,23,25-41H2,1-6H3,(H,46,50)/b12-10-,18-16-,24-22-. The van der Waals surface area contributed by atoms with Crippen molar-refractivity contribution in [3.8, 4) is 0 Å². The lowest BCUT2D eigenvalue weighted by Gasteiger charge is -2.34. The van der Waals surface area contributed by atoms with Gasteiger partial charge in [-0.25, -0.2) is 0 Å². The van der Waals surface area contributed by atoms with Gasteiger partial charge in [0.15, 0.2) is 0 Å². The third-order valence-electron chi connectivity index (χ3n) is 9.72. The van der Waals surface area contributed by atoms with E-state index >= 15 is 0 Å². The third kappa shape index (κ3) is 30.9. The predicted octanol–water partition coefficient (Wildman–Crippen LogP) is 12.4. The number of hydrogen-bond donors (Lipinski definition) is 1. The maximum Gasteiger partial charge on any atom is 0.243 e. The van der Waals surface area contributed by atoms with E-state index in [1.165, 1.54) is 109 Å². The van der Waals surface area contributed by atoms with Crippen molar-refractivity contribution in [3.63, 3.8) is 0 Å². The topological polar surface area (TPSA) is 52.7 Å². The monoisotopic (exact) mass is 700 g/mol. The van der Waals surface area contributed by atoms with Gasteiger partial charge in [0, 0.05) is 26.1 Å².